The first-order valence-corrected chi connectivity index (χ1v) is 11.3. The fourth-order valence-corrected chi connectivity index (χ4v) is 5.58. The lowest BCUT2D eigenvalue weighted by Crippen LogP contribution is -2.14. The fourth-order valence-electron chi connectivity index (χ4n) is 4.20. The number of thiophene rings is 1. The number of hydrogen-bond acceptors (Lipinski definition) is 2. The van der Waals surface area contributed by atoms with Gasteiger partial charge in [0, 0.05) is 21.5 Å². The van der Waals surface area contributed by atoms with E-state index in [9.17, 15) is 4.79 Å². The van der Waals surface area contributed by atoms with Crippen LogP contribution in [0, 0.1) is 13.8 Å². The maximum atomic E-state index is 12.1. The topological polar surface area (TPSA) is 48.0 Å². The van der Waals surface area contributed by atoms with E-state index in [-0.39, 0.29) is 11.9 Å². The van der Waals surface area contributed by atoms with Crippen LogP contribution < -0.4 is 5.73 Å². The van der Waals surface area contributed by atoms with Crippen LogP contribution in [0.3, 0.4) is 0 Å². The van der Waals surface area contributed by atoms with Gasteiger partial charge in [0.1, 0.15) is 0 Å². The third kappa shape index (κ3) is 3.78. The Hall–Kier alpha value is -2.56. The minimum absolute atomic E-state index is 0.224. The van der Waals surface area contributed by atoms with E-state index in [0.29, 0.717) is 5.56 Å². The second-order valence-electron chi connectivity index (χ2n) is 7.83. The molecule has 2 heterocycles. The van der Waals surface area contributed by atoms with Crippen LogP contribution in [-0.4, -0.2) is 10.5 Å². The number of aryl methyl sites for hydroxylation is 2. The van der Waals surface area contributed by atoms with Crippen molar-refractivity contribution < 1.29 is 4.79 Å². The Balaban J connectivity index is 1.79. The van der Waals surface area contributed by atoms with Gasteiger partial charge in [0.2, 0.25) is 0 Å². The summed E-state index contributed by atoms with van der Waals surface area (Å²) in [6.07, 6.45) is 1.95. The highest BCUT2D eigenvalue weighted by Crippen LogP contribution is 2.42. The second-order valence-corrected chi connectivity index (χ2v) is 9.32. The number of amides is 1. The third-order valence-electron chi connectivity index (χ3n) is 5.82. The SMILES string of the molecule is Cc1c(-c2cc(C(N)=O)c(C)n2C(C)CCc2ccccc2)sc2ccc(Cl)cc12. The molecule has 0 fully saturated rings. The van der Waals surface area contributed by atoms with Gasteiger partial charge in [-0.05, 0) is 74.4 Å². The van der Waals surface area contributed by atoms with Crippen molar-refractivity contribution in [3.8, 4) is 10.6 Å². The van der Waals surface area contributed by atoms with Crippen LogP contribution in [0.15, 0.2) is 54.6 Å². The van der Waals surface area contributed by atoms with Gasteiger partial charge in [-0.1, -0.05) is 41.9 Å². The fraction of sp³-hybridized carbons (Fsp3) is 0.240. The predicted molar refractivity (Wildman–Crippen MR) is 128 cm³/mol. The summed E-state index contributed by atoms with van der Waals surface area (Å²) in [5.41, 5.74) is 10.8. The summed E-state index contributed by atoms with van der Waals surface area (Å²) in [5.74, 6) is -0.385. The molecule has 4 rings (SSSR count). The molecule has 1 unspecified atom stereocenters. The zero-order valence-corrected chi connectivity index (χ0v) is 19.0. The van der Waals surface area contributed by atoms with Crippen molar-refractivity contribution in [3.05, 3.63) is 82.0 Å². The Labute approximate surface area is 186 Å². The molecule has 154 valence electrons. The van der Waals surface area contributed by atoms with Crippen molar-refractivity contribution >= 4 is 38.9 Å². The molecule has 2 aromatic heterocycles. The Kier molecular flexibility index (Phi) is 5.72. The van der Waals surface area contributed by atoms with Gasteiger partial charge in [-0.2, -0.15) is 0 Å². The molecule has 4 aromatic rings. The van der Waals surface area contributed by atoms with E-state index in [0.717, 1.165) is 39.5 Å². The zero-order chi connectivity index (χ0) is 21.4. The van der Waals surface area contributed by atoms with Gasteiger partial charge < -0.3 is 10.3 Å². The molecule has 30 heavy (non-hydrogen) atoms. The average Bonchev–Trinajstić information content (AvgIpc) is 3.24. The standard InChI is InChI=1S/C25H25ClN2OS/c1-15(9-10-18-7-5-4-6-8-18)28-17(3)21(25(27)29)14-22(28)24-16(2)20-13-19(26)11-12-23(20)30-24/h4-8,11-15H,9-10H2,1-3H3,(H2,27,29). The van der Waals surface area contributed by atoms with Crippen LogP contribution in [0.4, 0.5) is 0 Å². The van der Waals surface area contributed by atoms with E-state index in [2.05, 4.69) is 48.7 Å². The van der Waals surface area contributed by atoms with Crippen molar-refractivity contribution in [3.63, 3.8) is 0 Å². The molecule has 0 aliphatic heterocycles. The van der Waals surface area contributed by atoms with E-state index in [1.807, 2.05) is 31.2 Å². The van der Waals surface area contributed by atoms with Crippen molar-refractivity contribution in [2.45, 2.75) is 39.7 Å². The molecular weight excluding hydrogens is 412 g/mol. The van der Waals surface area contributed by atoms with Crippen molar-refractivity contribution in [2.24, 2.45) is 5.73 Å². The molecule has 0 saturated heterocycles. The predicted octanol–water partition coefficient (Wildman–Crippen LogP) is 6.93. The molecule has 0 radical (unpaired) electrons. The molecule has 0 aliphatic carbocycles. The zero-order valence-electron chi connectivity index (χ0n) is 17.4. The molecule has 1 atom stereocenters. The number of fused-ring (bicyclic) bond motifs is 1. The minimum Gasteiger partial charge on any atom is -0.366 e. The number of benzene rings is 2. The minimum atomic E-state index is -0.385. The number of nitrogens with zero attached hydrogens (tertiary/aromatic N) is 1. The molecule has 3 nitrogen and oxygen atoms in total. The van der Waals surface area contributed by atoms with E-state index in [1.165, 1.54) is 15.8 Å². The van der Waals surface area contributed by atoms with Crippen LogP contribution >= 0.6 is 22.9 Å². The second kappa shape index (κ2) is 8.29. The Bertz CT molecular complexity index is 1220. The maximum Gasteiger partial charge on any atom is 0.250 e. The Morgan fingerprint density at radius 3 is 2.57 bits per heavy atom. The summed E-state index contributed by atoms with van der Waals surface area (Å²) in [4.78, 5) is 13.3. The quantitative estimate of drug-likeness (QED) is 0.350. The molecular formula is C25H25ClN2OS. The van der Waals surface area contributed by atoms with Gasteiger partial charge >= 0.3 is 0 Å². The summed E-state index contributed by atoms with van der Waals surface area (Å²) in [6, 6.07) is 18.7. The Morgan fingerprint density at radius 1 is 1.13 bits per heavy atom. The van der Waals surface area contributed by atoms with Crippen LogP contribution in [0.5, 0.6) is 0 Å². The summed E-state index contributed by atoms with van der Waals surface area (Å²) >= 11 is 7.97. The number of aromatic nitrogens is 1. The van der Waals surface area contributed by atoms with Crippen molar-refractivity contribution in [1.82, 2.24) is 4.57 Å². The number of nitrogens with two attached hydrogens (primary N) is 1. The van der Waals surface area contributed by atoms with Gasteiger partial charge in [0.05, 0.1) is 16.1 Å². The Morgan fingerprint density at radius 2 is 1.87 bits per heavy atom. The molecule has 2 aromatic carbocycles. The van der Waals surface area contributed by atoms with Crippen molar-refractivity contribution in [1.29, 1.82) is 0 Å². The largest absolute Gasteiger partial charge is 0.366 e. The highest BCUT2D eigenvalue weighted by molar-refractivity contribution is 7.22. The normalized spacial score (nSPS) is 12.4. The molecule has 0 spiro atoms. The summed E-state index contributed by atoms with van der Waals surface area (Å²) in [7, 11) is 0. The average molecular weight is 437 g/mol. The van der Waals surface area contributed by atoms with E-state index in [1.54, 1.807) is 11.3 Å². The van der Waals surface area contributed by atoms with Crippen LogP contribution in [-0.2, 0) is 6.42 Å². The summed E-state index contributed by atoms with van der Waals surface area (Å²) in [6.45, 7) is 6.32. The first-order valence-electron chi connectivity index (χ1n) is 10.1. The maximum absolute atomic E-state index is 12.1. The van der Waals surface area contributed by atoms with Gasteiger partial charge in [0.15, 0.2) is 0 Å². The van der Waals surface area contributed by atoms with Crippen LogP contribution in [0.1, 0.15) is 46.6 Å². The third-order valence-corrected chi connectivity index (χ3v) is 7.35. The lowest BCUT2D eigenvalue weighted by atomic mass is 10.1. The molecule has 0 saturated carbocycles. The number of carbonyl (C=O) groups is 1. The first-order chi connectivity index (χ1) is 14.4. The highest BCUT2D eigenvalue weighted by atomic mass is 35.5. The number of rotatable bonds is 6. The van der Waals surface area contributed by atoms with Crippen molar-refractivity contribution in [2.75, 3.05) is 0 Å². The number of hydrogen-bond donors (Lipinski definition) is 1. The van der Waals surface area contributed by atoms with Gasteiger partial charge in [-0.15, -0.1) is 11.3 Å². The van der Waals surface area contributed by atoms with Gasteiger partial charge in [-0.3, -0.25) is 4.79 Å². The summed E-state index contributed by atoms with van der Waals surface area (Å²) in [5, 5.41) is 1.89. The molecule has 1 amide bonds. The monoisotopic (exact) mass is 436 g/mol. The molecule has 5 heteroatoms. The lowest BCUT2D eigenvalue weighted by Gasteiger charge is -2.20. The van der Waals surface area contributed by atoms with Crippen LogP contribution in [0.2, 0.25) is 5.02 Å². The highest BCUT2D eigenvalue weighted by Gasteiger charge is 2.23. The smallest absolute Gasteiger partial charge is 0.250 e. The molecule has 2 N–H and O–H groups in total. The molecule has 0 bridgehead atoms. The summed E-state index contributed by atoms with van der Waals surface area (Å²) < 4.78 is 3.47. The van der Waals surface area contributed by atoms with Gasteiger partial charge in [0.25, 0.3) is 5.91 Å². The number of halogens is 1. The first kappa shape index (κ1) is 20.7. The number of primary amides is 1. The lowest BCUT2D eigenvalue weighted by molar-refractivity contribution is 0.0999. The van der Waals surface area contributed by atoms with E-state index < -0.39 is 0 Å². The number of carbonyl (C=O) groups excluding carboxylic acids is 1. The molecule has 0 aliphatic rings. The van der Waals surface area contributed by atoms with E-state index in [4.69, 9.17) is 17.3 Å². The van der Waals surface area contributed by atoms with Gasteiger partial charge in [-0.25, -0.2) is 0 Å². The van der Waals surface area contributed by atoms with Crippen LogP contribution in [0.25, 0.3) is 20.7 Å². The van der Waals surface area contributed by atoms with E-state index >= 15 is 0 Å².